The van der Waals surface area contributed by atoms with Gasteiger partial charge < -0.3 is 10.5 Å². The molecule has 2 nitrogen and oxygen atoms in total. The molecular formula is C13H23NO. The first kappa shape index (κ1) is 16.3. The van der Waals surface area contributed by atoms with Gasteiger partial charge in [-0.05, 0) is 18.5 Å². The van der Waals surface area contributed by atoms with E-state index in [1.54, 1.807) is 14.2 Å². The zero-order chi connectivity index (χ0) is 11.9. The first-order valence-electron chi connectivity index (χ1n) is 5.04. The highest BCUT2D eigenvalue weighted by Gasteiger charge is 1.75. The van der Waals surface area contributed by atoms with Gasteiger partial charge in [0.05, 0.1) is 0 Å². The van der Waals surface area contributed by atoms with E-state index < -0.39 is 0 Å². The standard InChI is InChI=1S/C8H8.C3H9N.C2H6O/c1-2-8-6-4-3-5-7-8;1-2-3-4;1-3-2/h2-7H,1H2;2-4H2,1H3;1-2H3. The number of benzene rings is 1. The molecular weight excluding hydrogens is 186 g/mol. The van der Waals surface area contributed by atoms with Crippen LogP contribution in [-0.4, -0.2) is 20.8 Å². The highest BCUT2D eigenvalue weighted by molar-refractivity contribution is 5.45. The summed E-state index contributed by atoms with van der Waals surface area (Å²) in [6.45, 7) is 6.51. The molecule has 0 atom stereocenters. The molecule has 0 saturated carbocycles. The highest BCUT2D eigenvalue weighted by atomic mass is 16.4. The zero-order valence-electron chi connectivity index (χ0n) is 10.1. The topological polar surface area (TPSA) is 35.2 Å². The summed E-state index contributed by atoms with van der Waals surface area (Å²) in [4.78, 5) is 0. The monoisotopic (exact) mass is 209 g/mol. The molecule has 0 unspecified atom stereocenters. The average molecular weight is 209 g/mol. The van der Waals surface area contributed by atoms with E-state index in [0.717, 1.165) is 13.0 Å². The normalized spacial score (nSPS) is 7.73. The summed E-state index contributed by atoms with van der Waals surface area (Å²) in [6.07, 6.45) is 2.93. The van der Waals surface area contributed by atoms with Gasteiger partial charge in [-0.25, -0.2) is 0 Å². The second kappa shape index (κ2) is 15.4. The van der Waals surface area contributed by atoms with Crippen molar-refractivity contribution in [2.24, 2.45) is 5.73 Å². The van der Waals surface area contributed by atoms with Crippen molar-refractivity contribution >= 4 is 6.08 Å². The summed E-state index contributed by atoms with van der Waals surface area (Å²) < 4.78 is 4.25. The first-order valence-corrected chi connectivity index (χ1v) is 5.04. The lowest BCUT2D eigenvalue weighted by atomic mass is 10.2. The lowest BCUT2D eigenvalue weighted by Gasteiger charge is -1.85. The minimum absolute atomic E-state index is 0.819. The van der Waals surface area contributed by atoms with Crippen LogP contribution in [0.5, 0.6) is 0 Å². The minimum atomic E-state index is 0.819. The van der Waals surface area contributed by atoms with E-state index in [9.17, 15) is 0 Å². The van der Waals surface area contributed by atoms with Gasteiger partial charge in [-0.15, -0.1) is 0 Å². The molecule has 0 saturated heterocycles. The maximum Gasteiger partial charge on any atom is 0.0351 e. The minimum Gasteiger partial charge on any atom is -0.388 e. The molecule has 2 heteroatoms. The molecule has 0 aliphatic carbocycles. The van der Waals surface area contributed by atoms with Crippen molar-refractivity contribution in [2.45, 2.75) is 13.3 Å². The Hall–Kier alpha value is -1.12. The summed E-state index contributed by atoms with van der Waals surface area (Å²) in [5.41, 5.74) is 6.20. The molecule has 0 aliphatic heterocycles. The average Bonchev–Trinajstić information content (AvgIpc) is 2.31. The number of ether oxygens (including phenoxy) is 1. The molecule has 0 radical (unpaired) electrons. The summed E-state index contributed by atoms with van der Waals surface area (Å²) in [7, 11) is 3.25. The van der Waals surface area contributed by atoms with Crippen LogP contribution in [0.3, 0.4) is 0 Å². The maximum absolute atomic E-state index is 5.03. The molecule has 0 heterocycles. The van der Waals surface area contributed by atoms with Crippen molar-refractivity contribution in [1.82, 2.24) is 0 Å². The molecule has 0 amide bonds. The summed E-state index contributed by atoms with van der Waals surface area (Å²) in [6, 6.07) is 10.0. The van der Waals surface area contributed by atoms with Crippen LogP contribution in [-0.2, 0) is 4.74 Å². The molecule has 1 aromatic carbocycles. The summed E-state index contributed by atoms with van der Waals surface area (Å²) >= 11 is 0. The first-order chi connectivity index (χ1) is 7.26. The van der Waals surface area contributed by atoms with Crippen LogP contribution in [0.1, 0.15) is 18.9 Å². The Morgan fingerprint density at radius 3 is 1.87 bits per heavy atom. The Morgan fingerprint density at radius 2 is 1.67 bits per heavy atom. The van der Waals surface area contributed by atoms with Crippen molar-refractivity contribution in [3.05, 3.63) is 42.5 Å². The van der Waals surface area contributed by atoms with Crippen LogP contribution >= 0.6 is 0 Å². The predicted molar refractivity (Wildman–Crippen MR) is 68.8 cm³/mol. The molecule has 0 aliphatic rings. The number of hydrogen-bond donors (Lipinski definition) is 1. The smallest absolute Gasteiger partial charge is 0.0351 e. The van der Waals surface area contributed by atoms with Gasteiger partial charge in [0.2, 0.25) is 0 Å². The second-order valence-corrected chi connectivity index (χ2v) is 2.81. The van der Waals surface area contributed by atoms with Crippen molar-refractivity contribution in [3.8, 4) is 0 Å². The number of nitrogens with two attached hydrogens (primary N) is 1. The molecule has 1 rings (SSSR count). The fourth-order valence-corrected chi connectivity index (χ4v) is 0.589. The summed E-state index contributed by atoms with van der Waals surface area (Å²) in [5.74, 6) is 0. The lowest BCUT2D eigenvalue weighted by Crippen LogP contribution is -1.93. The quantitative estimate of drug-likeness (QED) is 0.812. The van der Waals surface area contributed by atoms with Gasteiger partial charge in [0.25, 0.3) is 0 Å². The van der Waals surface area contributed by atoms with Gasteiger partial charge in [0.1, 0.15) is 0 Å². The van der Waals surface area contributed by atoms with Crippen LogP contribution in [0.15, 0.2) is 36.9 Å². The fourth-order valence-electron chi connectivity index (χ4n) is 0.589. The van der Waals surface area contributed by atoms with Gasteiger partial charge in [-0.2, -0.15) is 0 Å². The van der Waals surface area contributed by atoms with E-state index in [4.69, 9.17) is 5.73 Å². The SMILES string of the molecule is C=Cc1ccccc1.CCCN.COC. The Labute approximate surface area is 93.8 Å². The van der Waals surface area contributed by atoms with Gasteiger partial charge in [-0.3, -0.25) is 0 Å². The number of methoxy groups -OCH3 is 1. The zero-order valence-corrected chi connectivity index (χ0v) is 10.1. The van der Waals surface area contributed by atoms with Crippen LogP contribution in [0.25, 0.3) is 6.08 Å². The fraction of sp³-hybridized carbons (Fsp3) is 0.385. The van der Waals surface area contributed by atoms with Crippen molar-refractivity contribution < 1.29 is 4.74 Å². The van der Waals surface area contributed by atoms with Gasteiger partial charge in [0.15, 0.2) is 0 Å². The van der Waals surface area contributed by atoms with Crippen LogP contribution in [0.4, 0.5) is 0 Å². The molecule has 0 bridgehead atoms. The van der Waals surface area contributed by atoms with Gasteiger partial charge in [-0.1, -0.05) is 49.9 Å². The predicted octanol–water partition coefficient (Wildman–Crippen LogP) is 2.95. The molecule has 0 spiro atoms. The van der Waals surface area contributed by atoms with Gasteiger partial charge >= 0.3 is 0 Å². The largest absolute Gasteiger partial charge is 0.388 e. The van der Waals surface area contributed by atoms with Crippen LogP contribution in [0, 0.1) is 0 Å². The van der Waals surface area contributed by atoms with E-state index in [2.05, 4.69) is 18.2 Å². The number of rotatable bonds is 2. The Bertz CT molecular complexity index is 207. The molecule has 0 fully saturated rings. The molecule has 86 valence electrons. The number of hydrogen-bond acceptors (Lipinski definition) is 2. The molecule has 2 N–H and O–H groups in total. The van der Waals surface area contributed by atoms with Crippen molar-refractivity contribution in [3.63, 3.8) is 0 Å². The van der Waals surface area contributed by atoms with Crippen LogP contribution in [0.2, 0.25) is 0 Å². The third-order valence-corrected chi connectivity index (χ3v) is 1.32. The third kappa shape index (κ3) is 15.6. The van der Waals surface area contributed by atoms with E-state index in [-0.39, 0.29) is 0 Å². The maximum atomic E-state index is 5.03. The Morgan fingerprint density at radius 1 is 1.27 bits per heavy atom. The molecule has 15 heavy (non-hydrogen) atoms. The van der Waals surface area contributed by atoms with Crippen molar-refractivity contribution in [1.29, 1.82) is 0 Å². The second-order valence-electron chi connectivity index (χ2n) is 2.81. The van der Waals surface area contributed by atoms with Gasteiger partial charge in [0, 0.05) is 14.2 Å². The van der Waals surface area contributed by atoms with Crippen molar-refractivity contribution in [2.75, 3.05) is 20.8 Å². The lowest BCUT2D eigenvalue weighted by molar-refractivity contribution is 0.277. The highest BCUT2D eigenvalue weighted by Crippen LogP contribution is 1.97. The summed E-state index contributed by atoms with van der Waals surface area (Å²) in [5, 5.41) is 0. The third-order valence-electron chi connectivity index (χ3n) is 1.32. The van der Waals surface area contributed by atoms with E-state index >= 15 is 0 Å². The van der Waals surface area contributed by atoms with E-state index in [1.807, 2.05) is 36.4 Å². The Kier molecular flexibility index (Phi) is 16.7. The van der Waals surface area contributed by atoms with Crippen LogP contribution < -0.4 is 5.73 Å². The Balaban J connectivity index is 0. The van der Waals surface area contributed by atoms with E-state index in [0.29, 0.717) is 0 Å². The molecule has 1 aromatic rings. The molecule has 0 aromatic heterocycles. The van der Waals surface area contributed by atoms with E-state index in [1.165, 1.54) is 5.56 Å².